The average Bonchev–Trinajstić information content (AvgIpc) is 2.85. The monoisotopic (exact) mass is 566 g/mol. The average molecular weight is 567 g/mol. The van der Waals surface area contributed by atoms with E-state index in [1.54, 1.807) is 0 Å². The van der Waals surface area contributed by atoms with Gasteiger partial charge in [-0.15, -0.1) is 0 Å². The van der Waals surface area contributed by atoms with E-state index < -0.39 is 23.8 Å². The Hall–Kier alpha value is -3.33. The molecule has 4 rings (SSSR count). The zero-order valence-electron chi connectivity index (χ0n) is 25.8. The third kappa shape index (κ3) is 6.94. The standard InChI is InChI=1S/C32H46N4O5/c1-19(2)40-29(37)27(41-31(4,5)6)24-20(3)34-28(33)25(26(24)35-15-12-32(7,8)13-16-35)22-9-10-23-18-36(30(38)39)14-11-21(23)17-22/h9-10,17,19,27H,11-16,18H2,1-8H3,(H2,33,34)(H,38,39). The van der Waals surface area contributed by atoms with E-state index in [9.17, 15) is 14.7 Å². The zero-order chi connectivity index (χ0) is 30.3. The number of pyridine rings is 1. The van der Waals surface area contributed by atoms with Gasteiger partial charge in [-0.2, -0.15) is 0 Å². The summed E-state index contributed by atoms with van der Waals surface area (Å²) in [6.07, 6.45) is 0.388. The fraction of sp³-hybridized carbons (Fsp3) is 0.594. The van der Waals surface area contributed by atoms with Crippen molar-refractivity contribution < 1.29 is 24.2 Å². The minimum absolute atomic E-state index is 0.212. The van der Waals surface area contributed by atoms with Crippen molar-refractivity contribution in [2.45, 2.75) is 99.0 Å². The summed E-state index contributed by atoms with van der Waals surface area (Å²) in [6, 6.07) is 6.07. The van der Waals surface area contributed by atoms with Gasteiger partial charge < -0.3 is 30.1 Å². The molecule has 3 N–H and O–H groups in total. The quantitative estimate of drug-likeness (QED) is 0.402. The fourth-order valence-electron chi connectivity index (χ4n) is 5.73. The summed E-state index contributed by atoms with van der Waals surface area (Å²) < 4.78 is 12.2. The number of anilines is 2. The molecule has 0 bridgehead atoms. The highest BCUT2D eigenvalue weighted by atomic mass is 16.6. The molecule has 1 unspecified atom stereocenters. The van der Waals surface area contributed by atoms with Crippen molar-refractivity contribution in [3.63, 3.8) is 0 Å². The molecule has 41 heavy (non-hydrogen) atoms. The molecule has 1 amide bonds. The van der Waals surface area contributed by atoms with Crippen molar-refractivity contribution in [1.29, 1.82) is 0 Å². The SMILES string of the molecule is Cc1nc(N)c(-c2ccc3c(c2)CCN(C(=O)O)C3)c(N2CCC(C)(C)CC2)c1C(OC(C)(C)C)C(=O)OC(C)C. The number of aromatic nitrogens is 1. The number of hydrogen-bond acceptors (Lipinski definition) is 7. The van der Waals surface area contributed by atoms with Gasteiger partial charge in [0.15, 0.2) is 6.10 Å². The first-order chi connectivity index (χ1) is 19.1. The number of nitrogen functional groups attached to an aromatic ring is 1. The van der Waals surface area contributed by atoms with Crippen LogP contribution >= 0.6 is 0 Å². The molecule has 1 atom stereocenters. The molecule has 9 nitrogen and oxygen atoms in total. The maximum absolute atomic E-state index is 13.7. The molecule has 2 aromatic rings. The summed E-state index contributed by atoms with van der Waals surface area (Å²) in [5.41, 5.74) is 12.2. The Morgan fingerprint density at radius 1 is 1.10 bits per heavy atom. The minimum Gasteiger partial charge on any atom is -0.465 e. The maximum Gasteiger partial charge on any atom is 0.407 e. The highest BCUT2D eigenvalue weighted by molar-refractivity contribution is 5.92. The molecule has 1 fully saturated rings. The number of carbonyl (C=O) groups is 2. The van der Waals surface area contributed by atoms with E-state index >= 15 is 0 Å². The molecule has 0 spiro atoms. The maximum atomic E-state index is 13.7. The Bertz CT molecular complexity index is 1300. The summed E-state index contributed by atoms with van der Waals surface area (Å²) in [5.74, 6) is -0.0610. The number of fused-ring (bicyclic) bond motifs is 1. The van der Waals surface area contributed by atoms with E-state index in [4.69, 9.17) is 20.2 Å². The van der Waals surface area contributed by atoms with E-state index in [1.165, 1.54) is 4.90 Å². The van der Waals surface area contributed by atoms with Crippen molar-refractivity contribution in [3.05, 3.63) is 40.6 Å². The van der Waals surface area contributed by atoms with Gasteiger partial charge in [-0.05, 0) is 82.9 Å². The fourth-order valence-corrected chi connectivity index (χ4v) is 5.73. The molecule has 9 heteroatoms. The molecule has 1 aromatic heterocycles. The third-order valence-electron chi connectivity index (χ3n) is 7.94. The first-order valence-electron chi connectivity index (χ1n) is 14.6. The Kier molecular flexibility index (Phi) is 8.60. The van der Waals surface area contributed by atoms with Gasteiger partial charge in [-0.1, -0.05) is 32.0 Å². The number of nitrogens with zero attached hydrogens (tertiary/aromatic N) is 3. The van der Waals surface area contributed by atoms with Crippen molar-refractivity contribution >= 4 is 23.6 Å². The summed E-state index contributed by atoms with van der Waals surface area (Å²) in [5, 5.41) is 9.48. The zero-order valence-corrected chi connectivity index (χ0v) is 25.8. The molecular formula is C32H46N4O5. The number of rotatable bonds is 6. The number of piperidine rings is 1. The molecule has 0 aliphatic carbocycles. The largest absolute Gasteiger partial charge is 0.465 e. The molecule has 3 heterocycles. The van der Waals surface area contributed by atoms with Gasteiger partial charge in [0.1, 0.15) is 5.82 Å². The van der Waals surface area contributed by atoms with Gasteiger partial charge >= 0.3 is 12.1 Å². The molecule has 2 aliphatic heterocycles. The predicted molar refractivity (Wildman–Crippen MR) is 161 cm³/mol. The van der Waals surface area contributed by atoms with Crippen molar-refractivity contribution in [3.8, 4) is 11.1 Å². The smallest absolute Gasteiger partial charge is 0.407 e. The van der Waals surface area contributed by atoms with Crippen molar-refractivity contribution in [1.82, 2.24) is 9.88 Å². The lowest BCUT2D eigenvalue weighted by molar-refractivity contribution is -0.171. The molecule has 0 radical (unpaired) electrons. The molecule has 1 saturated heterocycles. The van der Waals surface area contributed by atoms with E-state index in [0.29, 0.717) is 36.6 Å². The number of amides is 1. The van der Waals surface area contributed by atoms with Gasteiger partial charge in [-0.25, -0.2) is 14.6 Å². The van der Waals surface area contributed by atoms with Crippen LogP contribution in [-0.4, -0.2) is 58.4 Å². The first-order valence-corrected chi connectivity index (χ1v) is 14.6. The van der Waals surface area contributed by atoms with Crippen LogP contribution in [0.15, 0.2) is 18.2 Å². The van der Waals surface area contributed by atoms with Crippen LogP contribution in [0.5, 0.6) is 0 Å². The van der Waals surface area contributed by atoms with Gasteiger partial charge in [0.25, 0.3) is 0 Å². The molecule has 1 aromatic carbocycles. The second-order valence-electron chi connectivity index (χ2n) is 13.4. The Morgan fingerprint density at radius 3 is 2.34 bits per heavy atom. The van der Waals surface area contributed by atoms with E-state index in [0.717, 1.165) is 53.9 Å². The van der Waals surface area contributed by atoms with E-state index in [2.05, 4.69) is 24.8 Å². The Balaban J connectivity index is 1.93. The number of aryl methyl sites for hydroxylation is 1. The van der Waals surface area contributed by atoms with E-state index in [-0.39, 0.29) is 11.5 Å². The minimum atomic E-state index is -0.990. The normalized spacial score (nSPS) is 17.8. The van der Waals surface area contributed by atoms with Gasteiger partial charge in [0, 0.05) is 43.0 Å². The van der Waals surface area contributed by atoms with Crippen LogP contribution in [0.2, 0.25) is 0 Å². The highest BCUT2D eigenvalue weighted by Gasteiger charge is 2.38. The van der Waals surface area contributed by atoms with Crippen molar-refractivity contribution in [2.75, 3.05) is 30.3 Å². The number of carboxylic acid groups (broad SMARTS) is 1. The molecule has 224 valence electrons. The number of hydrogen-bond donors (Lipinski definition) is 2. The molecule has 2 aliphatic rings. The first kappa shape index (κ1) is 30.6. The van der Waals surface area contributed by atoms with Crippen LogP contribution in [0.4, 0.5) is 16.3 Å². The highest BCUT2D eigenvalue weighted by Crippen LogP contribution is 2.46. The number of carbonyl (C=O) groups excluding carboxylic acids is 1. The number of ether oxygens (including phenoxy) is 2. The summed E-state index contributed by atoms with van der Waals surface area (Å²) >= 11 is 0. The van der Waals surface area contributed by atoms with Gasteiger partial charge in [0.2, 0.25) is 0 Å². The van der Waals surface area contributed by atoms with Crippen LogP contribution in [0.1, 0.15) is 89.8 Å². The second kappa shape index (κ2) is 11.5. The number of benzene rings is 1. The van der Waals surface area contributed by atoms with Crippen LogP contribution in [0.25, 0.3) is 11.1 Å². The second-order valence-corrected chi connectivity index (χ2v) is 13.4. The van der Waals surface area contributed by atoms with Crippen molar-refractivity contribution in [2.24, 2.45) is 5.41 Å². The van der Waals surface area contributed by atoms with Crippen LogP contribution in [-0.2, 0) is 27.2 Å². The Morgan fingerprint density at radius 2 is 1.76 bits per heavy atom. The Labute approximate surface area is 244 Å². The van der Waals surface area contributed by atoms with Crippen LogP contribution in [0.3, 0.4) is 0 Å². The predicted octanol–water partition coefficient (Wildman–Crippen LogP) is 6.11. The van der Waals surface area contributed by atoms with Crippen LogP contribution in [0, 0.1) is 12.3 Å². The lowest BCUT2D eigenvalue weighted by Gasteiger charge is -2.41. The summed E-state index contributed by atoms with van der Waals surface area (Å²) in [4.78, 5) is 33.7. The van der Waals surface area contributed by atoms with E-state index in [1.807, 2.05) is 53.7 Å². The topological polar surface area (TPSA) is 118 Å². The lowest BCUT2D eigenvalue weighted by atomic mass is 9.81. The van der Waals surface area contributed by atoms with Gasteiger partial charge in [0.05, 0.1) is 17.4 Å². The molecular weight excluding hydrogens is 520 g/mol. The van der Waals surface area contributed by atoms with Gasteiger partial charge in [-0.3, -0.25) is 0 Å². The summed E-state index contributed by atoms with van der Waals surface area (Å²) in [7, 11) is 0. The third-order valence-corrected chi connectivity index (χ3v) is 7.94. The number of nitrogens with two attached hydrogens (primary N) is 1. The summed E-state index contributed by atoms with van der Waals surface area (Å²) in [6.45, 7) is 18.3. The van der Waals surface area contributed by atoms with Crippen LogP contribution < -0.4 is 10.6 Å². The molecule has 0 saturated carbocycles. The lowest BCUT2D eigenvalue weighted by Crippen LogP contribution is -2.39. The number of esters is 1.